The van der Waals surface area contributed by atoms with Gasteiger partial charge in [0.2, 0.25) is 5.43 Å². The molecular weight excluding hydrogens is 466 g/mol. The summed E-state index contributed by atoms with van der Waals surface area (Å²) in [6, 6.07) is 17.6. The van der Waals surface area contributed by atoms with Crippen LogP contribution in [0.2, 0.25) is 0 Å². The highest BCUT2D eigenvalue weighted by Gasteiger charge is 2.31. The van der Waals surface area contributed by atoms with Gasteiger partial charge in [0.15, 0.2) is 0 Å². The van der Waals surface area contributed by atoms with Gasteiger partial charge in [0.05, 0.1) is 11.0 Å². The zero-order valence-corrected chi connectivity index (χ0v) is 20.5. The third kappa shape index (κ3) is 4.79. The molecule has 2 aromatic heterocycles. The van der Waals surface area contributed by atoms with Crippen LogP contribution in [0.25, 0.3) is 11.0 Å². The zero-order chi connectivity index (χ0) is 25.4. The Hall–Kier alpha value is -4.20. The SMILES string of the molecule is O=C(NCc1ccccc1)c1cn(C2CC2)cc(C(=O)N2CCC[C@@H](c3nc4ccccc4[nH]3)C2)c1=O. The number of aromatic nitrogens is 3. The van der Waals surface area contributed by atoms with Crippen molar-refractivity contribution in [1.82, 2.24) is 24.8 Å². The second-order valence-corrected chi connectivity index (χ2v) is 9.99. The summed E-state index contributed by atoms with van der Waals surface area (Å²) < 4.78 is 1.87. The number of hydrogen-bond acceptors (Lipinski definition) is 4. The van der Waals surface area contributed by atoms with Crippen molar-refractivity contribution >= 4 is 22.8 Å². The van der Waals surface area contributed by atoms with Crippen LogP contribution in [0.1, 0.15) is 69.7 Å². The summed E-state index contributed by atoms with van der Waals surface area (Å²) in [6.45, 7) is 1.36. The van der Waals surface area contributed by atoms with E-state index in [1.807, 2.05) is 59.2 Å². The number of carbonyl (C=O) groups excluding carboxylic acids is 2. The molecule has 6 rings (SSSR count). The summed E-state index contributed by atoms with van der Waals surface area (Å²) in [7, 11) is 0. The smallest absolute Gasteiger partial charge is 0.259 e. The van der Waals surface area contributed by atoms with E-state index in [0.717, 1.165) is 48.1 Å². The number of amides is 2. The molecule has 2 aliphatic rings. The first-order valence-corrected chi connectivity index (χ1v) is 12.9. The number of hydrogen-bond donors (Lipinski definition) is 2. The number of rotatable bonds is 6. The van der Waals surface area contributed by atoms with E-state index in [1.54, 1.807) is 17.3 Å². The molecule has 4 aromatic rings. The van der Waals surface area contributed by atoms with E-state index in [4.69, 9.17) is 4.98 Å². The quantitative estimate of drug-likeness (QED) is 0.422. The molecule has 8 nitrogen and oxygen atoms in total. The molecule has 0 spiro atoms. The van der Waals surface area contributed by atoms with Crippen molar-refractivity contribution in [3.8, 4) is 0 Å². The summed E-state index contributed by atoms with van der Waals surface area (Å²) in [5.41, 5.74) is 2.38. The predicted molar refractivity (Wildman–Crippen MR) is 141 cm³/mol. The van der Waals surface area contributed by atoms with Crippen LogP contribution in [0.3, 0.4) is 0 Å². The number of piperidine rings is 1. The van der Waals surface area contributed by atoms with Crippen molar-refractivity contribution in [3.05, 3.63) is 99.7 Å². The van der Waals surface area contributed by atoms with Crippen LogP contribution in [0.4, 0.5) is 0 Å². The molecule has 2 N–H and O–H groups in total. The van der Waals surface area contributed by atoms with Gasteiger partial charge in [-0.1, -0.05) is 42.5 Å². The number of nitrogens with zero attached hydrogens (tertiary/aromatic N) is 3. The molecule has 2 amide bonds. The highest BCUT2D eigenvalue weighted by atomic mass is 16.2. The number of para-hydroxylation sites is 2. The molecule has 0 bridgehead atoms. The molecule has 1 saturated carbocycles. The molecule has 1 atom stereocenters. The first-order valence-electron chi connectivity index (χ1n) is 12.9. The minimum atomic E-state index is -0.515. The third-order valence-corrected chi connectivity index (χ3v) is 7.29. The first kappa shape index (κ1) is 23.2. The Labute approximate surface area is 214 Å². The van der Waals surface area contributed by atoms with Crippen LogP contribution in [-0.4, -0.2) is 44.3 Å². The van der Waals surface area contributed by atoms with Crippen molar-refractivity contribution in [1.29, 1.82) is 0 Å². The number of imidazole rings is 1. The Morgan fingerprint density at radius 3 is 2.51 bits per heavy atom. The number of carbonyl (C=O) groups is 2. The van der Waals surface area contributed by atoms with Crippen molar-refractivity contribution in [2.75, 3.05) is 13.1 Å². The van der Waals surface area contributed by atoms with Crippen LogP contribution in [-0.2, 0) is 6.54 Å². The Morgan fingerprint density at radius 1 is 0.973 bits per heavy atom. The van der Waals surface area contributed by atoms with Crippen LogP contribution >= 0.6 is 0 Å². The van der Waals surface area contributed by atoms with Gasteiger partial charge in [-0.25, -0.2) is 4.98 Å². The largest absolute Gasteiger partial charge is 0.349 e. The van der Waals surface area contributed by atoms with Crippen LogP contribution in [0, 0.1) is 0 Å². The number of aromatic amines is 1. The minimum absolute atomic E-state index is 0.0134. The van der Waals surface area contributed by atoms with Gasteiger partial charge in [-0.15, -0.1) is 0 Å². The Bertz CT molecular complexity index is 1490. The molecule has 37 heavy (non-hydrogen) atoms. The van der Waals surface area contributed by atoms with Crippen LogP contribution in [0.15, 0.2) is 71.8 Å². The lowest BCUT2D eigenvalue weighted by atomic mass is 9.96. The molecule has 3 heterocycles. The van der Waals surface area contributed by atoms with E-state index < -0.39 is 11.3 Å². The van der Waals surface area contributed by atoms with E-state index in [2.05, 4.69) is 10.3 Å². The van der Waals surface area contributed by atoms with Gasteiger partial charge >= 0.3 is 0 Å². The fraction of sp³-hybridized carbons (Fsp3) is 0.310. The van der Waals surface area contributed by atoms with Crippen LogP contribution < -0.4 is 10.7 Å². The molecule has 1 aliphatic heterocycles. The van der Waals surface area contributed by atoms with E-state index >= 15 is 0 Å². The van der Waals surface area contributed by atoms with Gasteiger partial charge in [0.1, 0.15) is 17.0 Å². The van der Waals surface area contributed by atoms with Gasteiger partial charge in [0.25, 0.3) is 11.8 Å². The minimum Gasteiger partial charge on any atom is -0.349 e. The summed E-state index contributed by atoms with van der Waals surface area (Å²) >= 11 is 0. The second-order valence-electron chi connectivity index (χ2n) is 9.99. The van der Waals surface area contributed by atoms with Crippen LogP contribution in [0.5, 0.6) is 0 Å². The fourth-order valence-corrected chi connectivity index (χ4v) is 5.09. The molecule has 2 aromatic carbocycles. The maximum atomic E-state index is 13.7. The molecule has 1 saturated heterocycles. The number of pyridine rings is 1. The molecule has 188 valence electrons. The lowest BCUT2D eigenvalue weighted by molar-refractivity contribution is 0.0702. The van der Waals surface area contributed by atoms with E-state index in [1.165, 1.54) is 0 Å². The summed E-state index contributed by atoms with van der Waals surface area (Å²) in [5, 5.41) is 2.84. The van der Waals surface area contributed by atoms with Crippen molar-refractivity contribution in [2.45, 2.75) is 44.2 Å². The molecule has 0 radical (unpaired) electrons. The Balaban J connectivity index is 1.25. The predicted octanol–water partition coefficient (Wildman–Crippen LogP) is 4.01. The average Bonchev–Trinajstić information content (AvgIpc) is 3.70. The number of fused-ring (bicyclic) bond motifs is 1. The van der Waals surface area contributed by atoms with Crippen molar-refractivity contribution < 1.29 is 9.59 Å². The van der Waals surface area contributed by atoms with Gasteiger partial charge in [-0.2, -0.15) is 0 Å². The molecule has 0 unspecified atom stereocenters. The highest BCUT2D eigenvalue weighted by molar-refractivity contribution is 5.99. The third-order valence-electron chi connectivity index (χ3n) is 7.29. The summed E-state index contributed by atoms with van der Waals surface area (Å²) in [5.74, 6) is 0.144. The Kier molecular flexibility index (Phi) is 6.08. The van der Waals surface area contributed by atoms with Crippen molar-refractivity contribution in [3.63, 3.8) is 0 Å². The average molecular weight is 496 g/mol. The van der Waals surface area contributed by atoms with Gasteiger partial charge < -0.3 is 19.8 Å². The fourth-order valence-electron chi connectivity index (χ4n) is 5.09. The number of benzene rings is 2. The summed E-state index contributed by atoms with van der Waals surface area (Å²) in [6.07, 6.45) is 6.92. The van der Waals surface area contributed by atoms with Gasteiger partial charge in [0, 0.05) is 44.0 Å². The molecule has 8 heteroatoms. The number of nitrogens with one attached hydrogen (secondary N) is 2. The maximum Gasteiger partial charge on any atom is 0.259 e. The zero-order valence-electron chi connectivity index (χ0n) is 20.5. The molecule has 1 aliphatic carbocycles. The number of H-pyrrole nitrogens is 1. The summed E-state index contributed by atoms with van der Waals surface area (Å²) in [4.78, 5) is 50.0. The van der Waals surface area contributed by atoms with E-state index in [0.29, 0.717) is 19.6 Å². The lowest BCUT2D eigenvalue weighted by Gasteiger charge is -2.32. The molecule has 2 fully saturated rings. The first-order chi connectivity index (χ1) is 18.1. The standard InChI is InChI=1S/C29H29N5O3/c35-26-22(28(36)30-15-19-7-2-1-3-8-19)17-34(21-12-13-21)18-23(26)29(37)33-14-6-9-20(16-33)27-31-24-10-4-5-11-25(24)32-27/h1-5,7-8,10-11,17-18,20-21H,6,9,12-16H2,(H,30,36)(H,31,32)/t20-/m1/s1. The highest BCUT2D eigenvalue weighted by Crippen LogP contribution is 2.35. The van der Waals surface area contributed by atoms with Gasteiger partial charge in [-0.05, 0) is 43.4 Å². The van der Waals surface area contributed by atoms with Crippen molar-refractivity contribution in [2.24, 2.45) is 0 Å². The normalized spacial score (nSPS) is 17.6. The van der Waals surface area contributed by atoms with Gasteiger partial charge in [-0.3, -0.25) is 14.4 Å². The van der Waals surface area contributed by atoms with E-state index in [9.17, 15) is 14.4 Å². The number of likely N-dealkylation sites (tertiary alicyclic amines) is 1. The monoisotopic (exact) mass is 495 g/mol. The van der Waals surface area contributed by atoms with E-state index in [-0.39, 0.29) is 29.0 Å². The topological polar surface area (TPSA) is 100 Å². The Morgan fingerprint density at radius 2 is 1.73 bits per heavy atom. The molecular formula is C29H29N5O3. The second kappa shape index (κ2) is 9.69. The lowest BCUT2D eigenvalue weighted by Crippen LogP contribution is -2.42. The maximum absolute atomic E-state index is 13.7.